The molecular formula is C21H36N2. The summed E-state index contributed by atoms with van der Waals surface area (Å²) in [5.41, 5.74) is 2.98. The van der Waals surface area contributed by atoms with Gasteiger partial charge in [0.15, 0.2) is 0 Å². The van der Waals surface area contributed by atoms with Gasteiger partial charge in [-0.15, -0.1) is 0 Å². The van der Waals surface area contributed by atoms with Gasteiger partial charge in [0, 0.05) is 32.2 Å². The van der Waals surface area contributed by atoms with Crippen LogP contribution in [0.4, 0.5) is 0 Å². The van der Waals surface area contributed by atoms with Crippen LogP contribution in [0.2, 0.25) is 0 Å². The summed E-state index contributed by atoms with van der Waals surface area (Å²) in [5, 5.41) is 0. The third kappa shape index (κ3) is 6.64. The highest BCUT2D eigenvalue weighted by Crippen LogP contribution is 2.12. The molecule has 0 N–H and O–H groups in total. The molecule has 1 aromatic rings. The molecule has 0 amide bonds. The lowest BCUT2D eigenvalue weighted by atomic mass is 10.00. The Hall–Kier alpha value is -0.860. The van der Waals surface area contributed by atoms with E-state index in [0.29, 0.717) is 6.04 Å². The van der Waals surface area contributed by atoms with Crippen LogP contribution in [0.5, 0.6) is 0 Å². The molecule has 2 rings (SSSR count). The number of aryl methyl sites for hydroxylation is 1. The van der Waals surface area contributed by atoms with E-state index in [1.54, 1.807) is 0 Å². The number of piperazine rings is 1. The average Bonchev–Trinajstić information content (AvgIpc) is 2.53. The highest BCUT2D eigenvalue weighted by atomic mass is 15.3. The Labute approximate surface area is 143 Å². The normalized spacial score (nSPS) is 17.3. The fraction of sp³-hybridized carbons (Fsp3) is 0.714. The molecule has 2 nitrogen and oxygen atoms in total. The van der Waals surface area contributed by atoms with Gasteiger partial charge in [0.05, 0.1) is 0 Å². The van der Waals surface area contributed by atoms with Gasteiger partial charge in [-0.3, -0.25) is 4.90 Å². The minimum atomic E-state index is 0.704. The van der Waals surface area contributed by atoms with Crippen LogP contribution in [-0.2, 0) is 12.8 Å². The van der Waals surface area contributed by atoms with Crippen LogP contribution in [0, 0.1) is 5.92 Å². The van der Waals surface area contributed by atoms with Crippen molar-refractivity contribution in [2.75, 3.05) is 32.7 Å². The largest absolute Gasteiger partial charge is 0.301 e. The Morgan fingerprint density at radius 3 is 2.00 bits per heavy atom. The first-order chi connectivity index (χ1) is 11.0. The summed E-state index contributed by atoms with van der Waals surface area (Å²) in [7, 11) is 0. The average molecular weight is 317 g/mol. The molecule has 0 radical (unpaired) electrons. The summed E-state index contributed by atoms with van der Waals surface area (Å²) in [6, 6.07) is 10.0. The topological polar surface area (TPSA) is 6.48 Å². The predicted octanol–water partition coefficient (Wildman–Crippen LogP) is 4.23. The zero-order chi connectivity index (χ0) is 16.7. The smallest absolute Gasteiger partial charge is 0.0113 e. The maximum Gasteiger partial charge on any atom is 0.0113 e. The molecule has 0 aliphatic carbocycles. The molecule has 1 saturated heterocycles. The van der Waals surface area contributed by atoms with Crippen molar-refractivity contribution in [1.82, 2.24) is 9.80 Å². The fourth-order valence-electron chi connectivity index (χ4n) is 3.48. The zero-order valence-corrected chi connectivity index (χ0v) is 15.7. The van der Waals surface area contributed by atoms with Gasteiger partial charge >= 0.3 is 0 Å². The van der Waals surface area contributed by atoms with E-state index in [1.165, 1.54) is 69.5 Å². The van der Waals surface area contributed by atoms with E-state index < -0.39 is 0 Å². The molecule has 1 fully saturated rings. The Kier molecular flexibility index (Phi) is 7.58. The maximum absolute atomic E-state index is 2.64. The van der Waals surface area contributed by atoms with Gasteiger partial charge in [0.2, 0.25) is 0 Å². The number of unbranched alkanes of at least 4 members (excludes halogenated alkanes) is 1. The van der Waals surface area contributed by atoms with Crippen molar-refractivity contribution in [3.8, 4) is 0 Å². The number of rotatable bonds is 8. The standard InChI is InChI=1S/C21H36N2/c1-18(2)17-21-10-8-20(9-11-21)7-5-6-12-22-13-15-23(16-14-22)19(3)4/h8-11,18-19H,5-7,12-17H2,1-4H3. The number of hydrogen-bond acceptors (Lipinski definition) is 2. The molecule has 1 heterocycles. The molecular weight excluding hydrogens is 280 g/mol. The van der Waals surface area contributed by atoms with Crippen LogP contribution in [0.15, 0.2) is 24.3 Å². The van der Waals surface area contributed by atoms with Gasteiger partial charge in [0.1, 0.15) is 0 Å². The van der Waals surface area contributed by atoms with E-state index in [9.17, 15) is 0 Å². The van der Waals surface area contributed by atoms with Crippen LogP contribution < -0.4 is 0 Å². The Morgan fingerprint density at radius 2 is 1.43 bits per heavy atom. The molecule has 1 aliphatic rings. The quantitative estimate of drug-likeness (QED) is 0.662. The summed E-state index contributed by atoms with van der Waals surface area (Å²) in [6.07, 6.45) is 5.07. The molecule has 0 spiro atoms. The number of nitrogens with zero attached hydrogens (tertiary/aromatic N) is 2. The van der Waals surface area contributed by atoms with Gasteiger partial charge in [0.25, 0.3) is 0 Å². The fourth-order valence-corrected chi connectivity index (χ4v) is 3.48. The van der Waals surface area contributed by atoms with E-state index in [4.69, 9.17) is 0 Å². The Balaban J connectivity index is 1.60. The highest BCUT2D eigenvalue weighted by Gasteiger charge is 2.17. The van der Waals surface area contributed by atoms with Crippen molar-refractivity contribution in [2.45, 2.75) is 59.4 Å². The van der Waals surface area contributed by atoms with Crippen molar-refractivity contribution in [3.63, 3.8) is 0 Å². The van der Waals surface area contributed by atoms with E-state index in [-0.39, 0.29) is 0 Å². The first-order valence-corrected chi connectivity index (χ1v) is 9.59. The lowest BCUT2D eigenvalue weighted by molar-refractivity contribution is 0.107. The van der Waals surface area contributed by atoms with Crippen LogP contribution in [-0.4, -0.2) is 48.6 Å². The molecule has 1 aromatic carbocycles. The van der Waals surface area contributed by atoms with Gasteiger partial charge < -0.3 is 4.90 Å². The summed E-state index contributed by atoms with van der Waals surface area (Å²) in [4.78, 5) is 5.24. The molecule has 130 valence electrons. The zero-order valence-electron chi connectivity index (χ0n) is 15.7. The molecule has 0 saturated carbocycles. The molecule has 23 heavy (non-hydrogen) atoms. The summed E-state index contributed by atoms with van der Waals surface area (Å²) in [6.45, 7) is 15.5. The minimum absolute atomic E-state index is 0.704. The minimum Gasteiger partial charge on any atom is -0.301 e. The number of benzene rings is 1. The second-order valence-corrected chi connectivity index (χ2v) is 7.84. The third-order valence-corrected chi connectivity index (χ3v) is 4.99. The van der Waals surface area contributed by atoms with Crippen molar-refractivity contribution in [3.05, 3.63) is 35.4 Å². The Morgan fingerprint density at radius 1 is 0.826 bits per heavy atom. The van der Waals surface area contributed by atoms with Crippen molar-refractivity contribution < 1.29 is 0 Å². The molecule has 0 aromatic heterocycles. The molecule has 0 atom stereocenters. The highest BCUT2D eigenvalue weighted by molar-refractivity contribution is 5.22. The number of hydrogen-bond donors (Lipinski definition) is 0. The molecule has 2 heteroatoms. The van der Waals surface area contributed by atoms with Crippen molar-refractivity contribution in [1.29, 1.82) is 0 Å². The van der Waals surface area contributed by atoms with Crippen molar-refractivity contribution >= 4 is 0 Å². The second-order valence-electron chi connectivity index (χ2n) is 7.84. The lowest BCUT2D eigenvalue weighted by Gasteiger charge is -2.36. The molecule has 0 unspecified atom stereocenters. The van der Waals surface area contributed by atoms with E-state index >= 15 is 0 Å². The molecule has 0 bridgehead atoms. The lowest BCUT2D eigenvalue weighted by Crippen LogP contribution is -2.48. The van der Waals surface area contributed by atoms with Gasteiger partial charge in [-0.25, -0.2) is 0 Å². The van der Waals surface area contributed by atoms with Crippen LogP contribution in [0.1, 0.15) is 51.7 Å². The summed E-state index contributed by atoms with van der Waals surface area (Å²) < 4.78 is 0. The van der Waals surface area contributed by atoms with E-state index in [0.717, 1.165) is 5.92 Å². The van der Waals surface area contributed by atoms with Crippen molar-refractivity contribution in [2.24, 2.45) is 5.92 Å². The van der Waals surface area contributed by atoms with E-state index in [2.05, 4.69) is 61.8 Å². The van der Waals surface area contributed by atoms with Crippen LogP contribution >= 0.6 is 0 Å². The first kappa shape index (κ1) is 18.5. The van der Waals surface area contributed by atoms with Gasteiger partial charge in [-0.2, -0.15) is 0 Å². The second kappa shape index (κ2) is 9.44. The maximum atomic E-state index is 2.64. The monoisotopic (exact) mass is 316 g/mol. The Bertz CT molecular complexity index is 428. The van der Waals surface area contributed by atoms with Gasteiger partial charge in [-0.05, 0) is 63.1 Å². The van der Waals surface area contributed by atoms with E-state index in [1.807, 2.05) is 0 Å². The predicted molar refractivity (Wildman–Crippen MR) is 101 cm³/mol. The SMILES string of the molecule is CC(C)Cc1ccc(CCCCN2CCN(C(C)C)CC2)cc1. The summed E-state index contributed by atoms with van der Waals surface area (Å²) >= 11 is 0. The van der Waals surface area contributed by atoms with Crippen LogP contribution in [0.3, 0.4) is 0 Å². The van der Waals surface area contributed by atoms with Crippen LogP contribution in [0.25, 0.3) is 0 Å². The van der Waals surface area contributed by atoms with Gasteiger partial charge in [-0.1, -0.05) is 38.1 Å². The molecule has 1 aliphatic heterocycles. The third-order valence-electron chi connectivity index (χ3n) is 4.99. The first-order valence-electron chi connectivity index (χ1n) is 9.59. The summed E-state index contributed by atoms with van der Waals surface area (Å²) in [5.74, 6) is 0.747.